The molecule has 0 N–H and O–H groups in total. The van der Waals surface area contributed by atoms with Crippen LogP contribution in [0.4, 0.5) is 4.39 Å². The molecule has 0 saturated carbocycles. The number of carbonyl (C=O) groups excluding carboxylic acids is 1. The van der Waals surface area contributed by atoms with Gasteiger partial charge >= 0.3 is 0 Å². The molecule has 0 aliphatic carbocycles. The first kappa shape index (κ1) is 12.2. The van der Waals surface area contributed by atoms with Gasteiger partial charge in [-0.25, -0.2) is 4.39 Å². The summed E-state index contributed by atoms with van der Waals surface area (Å²) in [5.74, 6) is -0.685. The molecule has 0 unspecified atom stereocenters. The van der Waals surface area contributed by atoms with Gasteiger partial charge < -0.3 is 4.90 Å². The number of nitriles is 1. The molecule has 0 aliphatic rings. The van der Waals surface area contributed by atoms with Gasteiger partial charge in [-0.2, -0.15) is 5.26 Å². The smallest absolute Gasteiger partial charge is 0.253 e. The molecule has 0 heterocycles. The lowest BCUT2D eigenvalue weighted by molar-refractivity contribution is 0.0797. The second kappa shape index (κ2) is 5.26. The maximum absolute atomic E-state index is 13.1. The topological polar surface area (TPSA) is 44.1 Å². The van der Waals surface area contributed by atoms with Crippen LogP contribution in [-0.4, -0.2) is 24.4 Å². The molecule has 0 fully saturated rings. The summed E-state index contributed by atoms with van der Waals surface area (Å²) < 4.78 is 13.1. The molecule has 1 aromatic carbocycles. The number of amides is 1. The SMILES string of the molecule is Cc1cc(F)cc(C(=O)N(C)CCC#N)c1. The molecule has 1 aromatic rings. The lowest BCUT2D eigenvalue weighted by atomic mass is 10.1. The van der Waals surface area contributed by atoms with Crippen LogP contribution in [0, 0.1) is 24.1 Å². The summed E-state index contributed by atoms with van der Waals surface area (Å²) in [6, 6.07) is 6.17. The van der Waals surface area contributed by atoms with Crippen LogP contribution in [0.15, 0.2) is 18.2 Å². The average Bonchev–Trinajstić information content (AvgIpc) is 2.23. The number of hydrogen-bond donors (Lipinski definition) is 0. The lowest BCUT2D eigenvalue weighted by Gasteiger charge is -2.15. The summed E-state index contributed by atoms with van der Waals surface area (Å²) in [7, 11) is 1.60. The third-order valence-electron chi connectivity index (χ3n) is 2.19. The quantitative estimate of drug-likeness (QED) is 0.783. The van der Waals surface area contributed by atoms with Crippen molar-refractivity contribution >= 4 is 5.91 Å². The highest BCUT2D eigenvalue weighted by molar-refractivity contribution is 5.94. The fourth-order valence-corrected chi connectivity index (χ4v) is 1.40. The van der Waals surface area contributed by atoms with E-state index in [2.05, 4.69) is 0 Å². The van der Waals surface area contributed by atoms with Crippen molar-refractivity contribution in [3.63, 3.8) is 0 Å². The van der Waals surface area contributed by atoms with Gasteiger partial charge in [-0.3, -0.25) is 4.79 Å². The van der Waals surface area contributed by atoms with Gasteiger partial charge in [-0.15, -0.1) is 0 Å². The van der Waals surface area contributed by atoms with Crippen molar-refractivity contribution in [2.24, 2.45) is 0 Å². The van der Waals surface area contributed by atoms with E-state index in [0.717, 1.165) is 0 Å². The zero-order valence-corrected chi connectivity index (χ0v) is 9.33. The van der Waals surface area contributed by atoms with E-state index >= 15 is 0 Å². The van der Waals surface area contributed by atoms with Gasteiger partial charge in [0, 0.05) is 19.2 Å². The monoisotopic (exact) mass is 220 g/mol. The van der Waals surface area contributed by atoms with Crippen LogP contribution < -0.4 is 0 Å². The predicted octanol–water partition coefficient (Wildman–Crippen LogP) is 2.12. The van der Waals surface area contributed by atoms with Gasteiger partial charge in [0.1, 0.15) is 5.82 Å². The third kappa shape index (κ3) is 3.06. The van der Waals surface area contributed by atoms with Crippen molar-refractivity contribution in [2.75, 3.05) is 13.6 Å². The van der Waals surface area contributed by atoms with Crippen molar-refractivity contribution in [1.29, 1.82) is 5.26 Å². The fraction of sp³-hybridized carbons (Fsp3) is 0.333. The van der Waals surface area contributed by atoms with E-state index in [0.29, 0.717) is 17.7 Å². The predicted molar refractivity (Wildman–Crippen MR) is 58.3 cm³/mol. The number of halogens is 1. The lowest BCUT2D eigenvalue weighted by Crippen LogP contribution is -2.27. The molecule has 0 spiro atoms. The Balaban J connectivity index is 2.84. The molecule has 84 valence electrons. The highest BCUT2D eigenvalue weighted by Gasteiger charge is 2.12. The van der Waals surface area contributed by atoms with E-state index in [-0.39, 0.29) is 12.3 Å². The molecule has 0 bridgehead atoms. The number of aryl methyl sites for hydroxylation is 1. The van der Waals surface area contributed by atoms with Crippen LogP contribution in [0.5, 0.6) is 0 Å². The summed E-state index contributed by atoms with van der Waals surface area (Å²) in [5.41, 5.74) is 1.02. The molecule has 1 amide bonds. The minimum absolute atomic E-state index is 0.266. The van der Waals surface area contributed by atoms with Gasteiger partial charge in [0.25, 0.3) is 5.91 Å². The normalized spacial score (nSPS) is 9.62. The average molecular weight is 220 g/mol. The van der Waals surface area contributed by atoms with Crippen molar-refractivity contribution in [2.45, 2.75) is 13.3 Å². The number of nitrogens with zero attached hydrogens (tertiary/aromatic N) is 2. The summed E-state index contributed by atoms with van der Waals surface area (Å²) in [5, 5.41) is 8.41. The van der Waals surface area contributed by atoms with E-state index in [1.165, 1.54) is 17.0 Å². The van der Waals surface area contributed by atoms with E-state index in [9.17, 15) is 9.18 Å². The minimum atomic E-state index is -0.419. The van der Waals surface area contributed by atoms with Crippen molar-refractivity contribution in [3.8, 4) is 6.07 Å². The van der Waals surface area contributed by atoms with Gasteiger partial charge in [0.2, 0.25) is 0 Å². The third-order valence-corrected chi connectivity index (χ3v) is 2.19. The van der Waals surface area contributed by atoms with Gasteiger partial charge in [0.05, 0.1) is 12.5 Å². The van der Waals surface area contributed by atoms with Crippen LogP contribution in [0.1, 0.15) is 22.3 Å². The van der Waals surface area contributed by atoms with Crippen LogP contribution in [0.25, 0.3) is 0 Å². The maximum Gasteiger partial charge on any atom is 0.253 e. The largest absolute Gasteiger partial charge is 0.341 e. The second-order valence-corrected chi connectivity index (χ2v) is 3.65. The Morgan fingerprint density at radius 2 is 2.19 bits per heavy atom. The van der Waals surface area contributed by atoms with E-state index < -0.39 is 5.82 Å². The number of carbonyl (C=O) groups is 1. The summed E-state index contributed by atoms with van der Waals surface area (Å²) >= 11 is 0. The maximum atomic E-state index is 13.1. The first-order valence-corrected chi connectivity index (χ1v) is 4.94. The van der Waals surface area contributed by atoms with Crippen molar-refractivity contribution < 1.29 is 9.18 Å². The minimum Gasteiger partial charge on any atom is -0.341 e. The van der Waals surface area contributed by atoms with Crippen LogP contribution in [0.3, 0.4) is 0 Å². The standard InChI is InChI=1S/C12H13FN2O/c1-9-6-10(8-11(13)7-9)12(16)15(2)5-3-4-14/h6-8H,3,5H2,1-2H3. The zero-order valence-electron chi connectivity index (χ0n) is 9.33. The molecule has 3 nitrogen and oxygen atoms in total. The van der Waals surface area contributed by atoms with Crippen LogP contribution in [0.2, 0.25) is 0 Å². The number of rotatable bonds is 3. The number of hydrogen-bond acceptors (Lipinski definition) is 2. The van der Waals surface area contributed by atoms with Gasteiger partial charge in [-0.1, -0.05) is 0 Å². The van der Waals surface area contributed by atoms with Gasteiger partial charge in [0.15, 0.2) is 0 Å². The van der Waals surface area contributed by atoms with Gasteiger partial charge in [-0.05, 0) is 30.7 Å². The molecule has 0 aliphatic heterocycles. The molecule has 16 heavy (non-hydrogen) atoms. The molecule has 0 saturated heterocycles. The fourth-order valence-electron chi connectivity index (χ4n) is 1.40. The summed E-state index contributed by atoms with van der Waals surface area (Å²) in [6.07, 6.45) is 0.274. The number of benzene rings is 1. The summed E-state index contributed by atoms with van der Waals surface area (Å²) in [4.78, 5) is 13.2. The second-order valence-electron chi connectivity index (χ2n) is 3.65. The van der Waals surface area contributed by atoms with Crippen molar-refractivity contribution in [1.82, 2.24) is 4.90 Å². The molecular formula is C12H13FN2O. The van der Waals surface area contributed by atoms with Crippen LogP contribution in [-0.2, 0) is 0 Å². The van der Waals surface area contributed by atoms with Crippen LogP contribution >= 0.6 is 0 Å². The Morgan fingerprint density at radius 1 is 1.50 bits per heavy atom. The Hall–Kier alpha value is -1.89. The molecule has 0 aromatic heterocycles. The van der Waals surface area contributed by atoms with E-state index in [1.807, 2.05) is 6.07 Å². The molecule has 0 radical (unpaired) electrons. The Morgan fingerprint density at radius 3 is 2.75 bits per heavy atom. The molecule has 1 rings (SSSR count). The first-order valence-electron chi connectivity index (χ1n) is 4.94. The molecular weight excluding hydrogens is 207 g/mol. The Labute approximate surface area is 94.1 Å². The highest BCUT2D eigenvalue weighted by Crippen LogP contribution is 2.10. The first-order chi connectivity index (χ1) is 7.54. The van der Waals surface area contributed by atoms with Crippen molar-refractivity contribution in [3.05, 3.63) is 35.1 Å². The Bertz CT molecular complexity index is 417. The molecule has 0 atom stereocenters. The highest BCUT2D eigenvalue weighted by atomic mass is 19.1. The Kier molecular flexibility index (Phi) is 4.01. The zero-order chi connectivity index (χ0) is 12.1. The molecule has 4 heteroatoms. The van der Waals surface area contributed by atoms with E-state index in [1.54, 1.807) is 20.0 Å². The van der Waals surface area contributed by atoms with E-state index in [4.69, 9.17) is 5.26 Å². The summed E-state index contributed by atoms with van der Waals surface area (Å²) in [6.45, 7) is 2.08.